The lowest BCUT2D eigenvalue weighted by atomic mass is 9.88. The summed E-state index contributed by atoms with van der Waals surface area (Å²) in [5, 5.41) is 9.01. The van der Waals surface area contributed by atoms with Gasteiger partial charge in [0.2, 0.25) is 10.0 Å². The summed E-state index contributed by atoms with van der Waals surface area (Å²) >= 11 is 0. The molecule has 0 aromatic heterocycles. The van der Waals surface area contributed by atoms with E-state index in [1.807, 2.05) is 26.8 Å². The van der Waals surface area contributed by atoms with E-state index in [0.29, 0.717) is 0 Å². The Kier molecular flexibility index (Phi) is 4.56. The highest BCUT2D eigenvalue weighted by Crippen LogP contribution is 2.26. The van der Waals surface area contributed by atoms with E-state index in [2.05, 4.69) is 4.72 Å². The zero-order chi connectivity index (χ0) is 13.1. The Morgan fingerprint density at radius 1 is 1.35 bits per heavy atom. The SMILES string of the molecule is CC(C)(C)[C@H](C#N)NS(=O)(=O)CC1CCCC1. The second kappa shape index (κ2) is 5.36. The van der Waals surface area contributed by atoms with Crippen molar-refractivity contribution in [2.45, 2.75) is 52.5 Å². The van der Waals surface area contributed by atoms with E-state index in [9.17, 15) is 8.42 Å². The fourth-order valence-electron chi connectivity index (χ4n) is 2.11. The lowest BCUT2D eigenvalue weighted by molar-refractivity contribution is 0.349. The number of hydrogen-bond donors (Lipinski definition) is 1. The first kappa shape index (κ1) is 14.5. The molecule has 0 aliphatic heterocycles. The summed E-state index contributed by atoms with van der Waals surface area (Å²) in [6.45, 7) is 5.58. The molecule has 1 fully saturated rings. The third kappa shape index (κ3) is 4.64. The van der Waals surface area contributed by atoms with Gasteiger partial charge in [-0.25, -0.2) is 8.42 Å². The van der Waals surface area contributed by atoms with E-state index in [0.717, 1.165) is 25.7 Å². The first-order valence-corrected chi connectivity index (χ1v) is 7.79. The average Bonchev–Trinajstić information content (AvgIpc) is 2.64. The van der Waals surface area contributed by atoms with Crippen LogP contribution in [0.15, 0.2) is 0 Å². The zero-order valence-electron chi connectivity index (χ0n) is 10.9. The molecule has 1 N–H and O–H groups in total. The summed E-state index contributed by atoms with van der Waals surface area (Å²) in [6, 6.07) is 1.37. The summed E-state index contributed by atoms with van der Waals surface area (Å²) < 4.78 is 26.4. The normalized spacial score (nSPS) is 20.1. The van der Waals surface area contributed by atoms with Crippen molar-refractivity contribution >= 4 is 10.0 Å². The predicted molar refractivity (Wildman–Crippen MR) is 67.7 cm³/mol. The van der Waals surface area contributed by atoms with Crippen molar-refractivity contribution in [2.24, 2.45) is 11.3 Å². The van der Waals surface area contributed by atoms with Gasteiger partial charge in [0.15, 0.2) is 0 Å². The van der Waals surface area contributed by atoms with E-state index in [1.54, 1.807) is 0 Å². The highest BCUT2D eigenvalue weighted by molar-refractivity contribution is 7.89. The van der Waals surface area contributed by atoms with Gasteiger partial charge in [-0.15, -0.1) is 0 Å². The number of nitriles is 1. The van der Waals surface area contributed by atoms with Crippen LogP contribution in [0.2, 0.25) is 0 Å². The van der Waals surface area contributed by atoms with Crippen molar-refractivity contribution in [3.8, 4) is 6.07 Å². The van der Waals surface area contributed by atoms with Crippen LogP contribution in [0.4, 0.5) is 0 Å². The van der Waals surface area contributed by atoms with E-state index in [4.69, 9.17) is 5.26 Å². The molecule has 0 bridgehead atoms. The standard InChI is InChI=1S/C12H22N2O2S/c1-12(2,3)11(8-13)14-17(15,16)9-10-6-4-5-7-10/h10-11,14H,4-7,9H2,1-3H3/t11-/m0/s1. The topological polar surface area (TPSA) is 70.0 Å². The highest BCUT2D eigenvalue weighted by atomic mass is 32.2. The summed E-state index contributed by atoms with van der Waals surface area (Å²) in [5.74, 6) is 0.438. The van der Waals surface area contributed by atoms with E-state index in [1.165, 1.54) is 0 Å². The van der Waals surface area contributed by atoms with Crippen molar-refractivity contribution < 1.29 is 8.42 Å². The van der Waals surface area contributed by atoms with Gasteiger partial charge in [0.1, 0.15) is 6.04 Å². The lowest BCUT2D eigenvalue weighted by Crippen LogP contribution is -2.44. The molecule has 5 heteroatoms. The third-order valence-electron chi connectivity index (χ3n) is 3.22. The summed E-state index contributed by atoms with van der Waals surface area (Å²) in [6.07, 6.45) is 4.24. The van der Waals surface area contributed by atoms with Crippen LogP contribution in [0.5, 0.6) is 0 Å². The van der Waals surface area contributed by atoms with E-state index < -0.39 is 16.1 Å². The quantitative estimate of drug-likeness (QED) is 0.838. The second-order valence-corrected chi connectivity index (χ2v) is 7.78. The van der Waals surface area contributed by atoms with Gasteiger partial charge < -0.3 is 0 Å². The minimum absolute atomic E-state index is 0.168. The molecule has 0 aromatic carbocycles. The maximum atomic E-state index is 11.9. The van der Waals surface area contributed by atoms with Crippen molar-refractivity contribution in [2.75, 3.05) is 5.75 Å². The van der Waals surface area contributed by atoms with Gasteiger partial charge >= 0.3 is 0 Å². The Morgan fingerprint density at radius 3 is 2.29 bits per heavy atom. The minimum atomic E-state index is -3.33. The van der Waals surface area contributed by atoms with Gasteiger partial charge in [0.05, 0.1) is 11.8 Å². The van der Waals surface area contributed by atoms with Crippen LogP contribution in [0.25, 0.3) is 0 Å². The monoisotopic (exact) mass is 258 g/mol. The molecule has 0 radical (unpaired) electrons. The molecule has 17 heavy (non-hydrogen) atoms. The largest absolute Gasteiger partial charge is 0.213 e. The first-order chi connectivity index (χ1) is 7.74. The van der Waals surface area contributed by atoms with E-state index >= 15 is 0 Å². The molecule has 1 aliphatic carbocycles. The van der Waals surface area contributed by atoms with Crippen LogP contribution >= 0.6 is 0 Å². The molecule has 0 aromatic rings. The highest BCUT2D eigenvalue weighted by Gasteiger charge is 2.30. The van der Waals surface area contributed by atoms with Gasteiger partial charge in [-0.2, -0.15) is 9.98 Å². The molecular weight excluding hydrogens is 236 g/mol. The summed E-state index contributed by atoms with van der Waals surface area (Å²) in [4.78, 5) is 0. The minimum Gasteiger partial charge on any atom is -0.212 e. The molecule has 0 amide bonds. The first-order valence-electron chi connectivity index (χ1n) is 6.14. The van der Waals surface area contributed by atoms with Crippen molar-refractivity contribution in [1.29, 1.82) is 5.26 Å². The van der Waals surface area contributed by atoms with Gasteiger partial charge in [0.25, 0.3) is 0 Å². The fourth-order valence-corrected chi connectivity index (χ4v) is 3.93. The Balaban J connectivity index is 2.62. The van der Waals surface area contributed by atoms with Gasteiger partial charge in [0, 0.05) is 0 Å². The number of sulfonamides is 1. The molecule has 1 aliphatic rings. The van der Waals surface area contributed by atoms with Crippen molar-refractivity contribution in [3.63, 3.8) is 0 Å². The molecule has 0 heterocycles. The predicted octanol–water partition coefficient (Wildman–Crippen LogP) is 2.03. The van der Waals surface area contributed by atoms with Crippen molar-refractivity contribution in [1.82, 2.24) is 4.72 Å². The number of hydrogen-bond acceptors (Lipinski definition) is 3. The van der Waals surface area contributed by atoms with Crippen LogP contribution in [-0.4, -0.2) is 20.2 Å². The molecule has 4 nitrogen and oxygen atoms in total. The Morgan fingerprint density at radius 2 is 1.88 bits per heavy atom. The van der Waals surface area contributed by atoms with Gasteiger partial charge in [-0.1, -0.05) is 33.6 Å². The van der Waals surface area contributed by atoms with Crippen LogP contribution < -0.4 is 4.72 Å². The summed E-state index contributed by atoms with van der Waals surface area (Å²) in [5.41, 5.74) is -0.377. The fraction of sp³-hybridized carbons (Fsp3) is 0.917. The molecule has 98 valence electrons. The number of nitrogens with one attached hydrogen (secondary N) is 1. The van der Waals surface area contributed by atoms with Gasteiger partial charge in [-0.3, -0.25) is 0 Å². The Labute approximate surface area is 104 Å². The van der Waals surface area contributed by atoms with E-state index in [-0.39, 0.29) is 17.1 Å². The lowest BCUT2D eigenvalue weighted by Gasteiger charge is -2.25. The molecule has 1 atom stereocenters. The van der Waals surface area contributed by atoms with Crippen LogP contribution in [0.1, 0.15) is 46.5 Å². The molecule has 1 saturated carbocycles. The Hall–Kier alpha value is -0.600. The number of nitrogens with zero attached hydrogens (tertiary/aromatic N) is 1. The molecule has 0 saturated heterocycles. The van der Waals surface area contributed by atoms with Crippen LogP contribution in [-0.2, 0) is 10.0 Å². The van der Waals surface area contributed by atoms with Crippen molar-refractivity contribution in [3.05, 3.63) is 0 Å². The van der Waals surface area contributed by atoms with Crippen LogP contribution in [0, 0.1) is 22.7 Å². The maximum absolute atomic E-state index is 11.9. The maximum Gasteiger partial charge on any atom is 0.213 e. The summed E-state index contributed by atoms with van der Waals surface area (Å²) in [7, 11) is -3.33. The van der Waals surface area contributed by atoms with Crippen LogP contribution in [0.3, 0.4) is 0 Å². The zero-order valence-corrected chi connectivity index (χ0v) is 11.7. The molecule has 0 unspecified atom stereocenters. The molecule has 0 spiro atoms. The average molecular weight is 258 g/mol. The molecular formula is C12H22N2O2S. The smallest absolute Gasteiger partial charge is 0.212 e. The second-order valence-electron chi connectivity index (χ2n) is 5.98. The molecule has 1 rings (SSSR count). The third-order valence-corrected chi connectivity index (χ3v) is 4.73. The Bertz CT molecular complexity index is 384. The number of rotatable bonds is 4. The van der Waals surface area contributed by atoms with Gasteiger partial charge in [-0.05, 0) is 24.2 Å².